The van der Waals surface area contributed by atoms with Crippen LogP contribution in [0.3, 0.4) is 0 Å². The van der Waals surface area contributed by atoms with Crippen molar-refractivity contribution in [1.82, 2.24) is 4.57 Å². The Labute approximate surface area is 305 Å². The summed E-state index contributed by atoms with van der Waals surface area (Å²) >= 11 is 0. The van der Waals surface area contributed by atoms with Crippen LogP contribution < -0.4 is 0 Å². The average molecular weight is 674 g/mol. The Morgan fingerprint density at radius 2 is 1.00 bits per heavy atom. The molecule has 2 aromatic heterocycles. The minimum absolute atomic E-state index is 0.189. The number of para-hydroxylation sites is 1. The van der Waals surface area contributed by atoms with Crippen molar-refractivity contribution in [3.8, 4) is 27.9 Å². The lowest BCUT2D eigenvalue weighted by Crippen LogP contribution is -2.00. The van der Waals surface area contributed by atoms with Crippen LogP contribution in [0.25, 0.3) is 93.2 Å². The Morgan fingerprint density at radius 3 is 1.91 bits per heavy atom. The monoisotopic (exact) mass is 673 g/mol. The van der Waals surface area contributed by atoms with E-state index in [4.69, 9.17) is 4.42 Å². The largest absolute Gasteiger partial charge is 0.456 e. The molecule has 0 radical (unpaired) electrons. The highest BCUT2D eigenvalue weighted by atomic mass is 16.3. The lowest BCUT2D eigenvalue weighted by Gasteiger charge is -2.17. The van der Waals surface area contributed by atoms with E-state index in [1.807, 2.05) is 6.07 Å². The third kappa shape index (κ3) is 4.09. The first-order valence-corrected chi connectivity index (χ1v) is 18.4. The van der Waals surface area contributed by atoms with Crippen molar-refractivity contribution in [3.63, 3.8) is 0 Å². The van der Waals surface area contributed by atoms with Crippen molar-refractivity contribution in [2.24, 2.45) is 0 Å². The summed E-state index contributed by atoms with van der Waals surface area (Å²) < 4.78 is 8.91. The van der Waals surface area contributed by atoms with Crippen LogP contribution in [0.1, 0.15) is 22.6 Å². The third-order valence-corrected chi connectivity index (χ3v) is 11.7. The maximum absolute atomic E-state index is 6.46. The molecule has 246 valence electrons. The molecule has 0 saturated carbocycles. The molecule has 2 heteroatoms. The van der Waals surface area contributed by atoms with Crippen molar-refractivity contribution >= 4 is 65.3 Å². The predicted molar refractivity (Wildman–Crippen MR) is 221 cm³/mol. The highest BCUT2D eigenvalue weighted by molar-refractivity contribution is 6.18. The van der Waals surface area contributed by atoms with Crippen LogP contribution in [-0.2, 0) is 0 Å². The van der Waals surface area contributed by atoms with Gasteiger partial charge in [0.15, 0.2) is 0 Å². The zero-order valence-electron chi connectivity index (χ0n) is 28.8. The van der Waals surface area contributed by atoms with Gasteiger partial charge in [-0.05, 0) is 97.6 Å². The van der Waals surface area contributed by atoms with Crippen molar-refractivity contribution in [2.45, 2.75) is 5.92 Å². The van der Waals surface area contributed by atoms with Crippen LogP contribution in [0.5, 0.6) is 0 Å². The Balaban J connectivity index is 1.09. The summed E-state index contributed by atoms with van der Waals surface area (Å²) in [6.45, 7) is 0. The third-order valence-electron chi connectivity index (χ3n) is 11.7. The minimum Gasteiger partial charge on any atom is -0.456 e. The molecule has 1 unspecified atom stereocenters. The molecular weight excluding hydrogens is 643 g/mol. The van der Waals surface area contributed by atoms with Gasteiger partial charge >= 0.3 is 0 Å². The number of aromatic nitrogens is 1. The predicted octanol–water partition coefficient (Wildman–Crippen LogP) is 13.8. The molecule has 1 atom stereocenters. The summed E-state index contributed by atoms with van der Waals surface area (Å²) in [7, 11) is 0. The molecule has 12 rings (SSSR count). The minimum atomic E-state index is 0.189. The Morgan fingerprint density at radius 1 is 0.358 bits per heavy atom. The van der Waals surface area contributed by atoms with Gasteiger partial charge in [0.2, 0.25) is 0 Å². The number of fused-ring (bicyclic) bond motifs is 11. The second-order valence-corrected chi connectivity index (χ2v) is 14.4. The molecule has 2 heterocycles. The van der Waals surface area contributed by atoms with Gasteiger partial charge in [0.05, 0.1) is 16.7 Å². The van der Waals surface area contributed by atoms with Gasteiger partial charge in [-0.1, -0.05) is 140 Å². The molecule has 0 N–H and O–H groups in total. The molecule has 11 aromatic rings. The molecule has 9 aromatic carbocycles. The summed E-state index contributed by atoms with van der Waals surface area (Å²) in [6.07, 6.45) is 0. The molecule has 0 amide bonds. The molecule has 53 heavy (non-hydrogen) atoms. The number of furan rings is 1. The highest BCUT2D eigenvalue weighted by Gasteiger charge is 2.31. The molecule has 2 nitrogen and oxygen atoms in total. The van der Waals surface area contributed by atoms with Crippen molar-refractivity contribution in [3.05, 3.63) is 199 Å². The fraction of sp³-hybridized carbons (Fsp3) is 0.0196. The van der Waals surface area contributed by atoms with E-state index in [0.29, 0.717) is 0 Å². The Kier molecular flexibility index (Phi) is 5.86. The molecule has 1 aliphatic carbocycles. The van der Waals surface area contributed by atoms with Gasteiger partial charge in [-0.25, -0.2) is 0 Å². The molecule has 0 fully saturated rings. The van der Waals surface area contributed by atoms with E-state index < -0.39 is 0 Å². The lowest BCUT2D eigenvalue weighted by molar-refractivity contribution is 0.669. The second-order valence-electron chi connectivity index (χ2n) is 14.4. The zero-order chi connectivity index (χ0) is 34.6. The van der Waals surface area contributed by atoms with Gasteiger partial charge in [0.25, 0.3) is 0 Å². The quantitative estimate of drug-likeness (QED) is 0.183. The van der Waals surface area contributed by atoms with Gasteiger partial charge in [0, 0.05) is 32.8 Å². The van der Waals surface area contributed by atoms with Crippen LogP contribution in [0, 0.1) is 0 Å². The fourth-order valence-electron chi connectivity index (χ4n) is 9.30. The van der Waals surface area contributed by atoms with Crippen LogP contribution in [0.4, 0.5) is 0 Å². The van der Waals surface area contributed by atoms with Crippen molar-refractivity contribution in [2.75, 3.05) is 0 Å². The van der Waals surface area contributed by atoms with E-state index in [-0.39, 0.29) is 5.92 Å². The van der Waals surface area contributed by atoms with Crippen LogP contribution in [0.15, 0.2) is 186 Å². The molecule has 1 aliphatic rings. The van der Waals surface area contributed by atoms with E-state index >= 15 is 0 Å². The fourth-order valence-corrected chi connectivity index (χ4v) is 9.30. The number of benzene rings is 9. The summed E-state index contributed by atoms with van der Waals surface area (Å²) in [6, 6.07) is 66.8. The van der Waals surface area contributed by atoms with Gasteiger partial charge in [-0.15, -0.1) is 0 Å². The number of hydrogen-bond donors (Lipinski definition) is 0. The number of hydrogen-bond acceptors (Lipinski definition) is 1. The van der Waals surface area contributed by atoms with E-state index in [9.17, 15) is 0 Å². The second kappa shape index (κ2) is 10.8. The smallest absolute Gasteiger partial charge is 0.136 e. The first-order valence-electron chi connectivity index (χ1n) is 18.4. The van der Waals surface area contributed by atoms with Crippen LogP contribution in [0.2, 0.25) is 0 Å². The van der Waals surface area contributed by atoms with Crippen LogP contribution in [-0.4, -0.2) is 4.57 Å². The van der Waals surface area contributed by atoms with Crippen molar-refractivity contribution < 1.29 is 4.42 Å². The van der Waals surface area contributed by atoms with E-state index in [1.54, 1.807) is 0 Å². The van der Waals surface area contributed by atoms with E-state index in [0.717, 1.165) is 21.9 Å². The molecule has 0 aliphatic heterocycles. The normalized spacial score (nSPS) is 13.8. The van der Waals surface area contributed by atoms with Crippen LogP contribution >= 0.6 is 0 Å². The summed E-state index contributed by atoms with van der Waals surface area (Å²) in [5.74, 6) is 0.189. The molecular formula is C51H31NO. The lowest BCUT2D eigenvalue weighted by atomic mass is 9.86. The summed E-state index contributed by atoms with van der Waals surface area (Å²) in [4.78, 5) is 0. The topological polar surface area (TPSA) is 18.1 Å². The van der Waals surface area contributed by atoms with Crippen molar-refractivity contribution in [1.29, 1.82) is 0 Å². The number of nitrogens with zero attached hydrogens (tertiary/aromatic N) is 1. The SMILES string of the molecule is c1ccc2c(c1)-c1cc(-c3ccc4c(c3)c3cc5oc6ccccc6c5cc3n4-c3cccc4ccccc34)ccc1C2c1cccc2ccccc12. The van der Waals surface area contributed by atoms with Gasteiger partial charge in [-0.3, -0.25) is 0 Å². The van der Waals surface area contributed by atoms with Gasteiger partial charge in [0.1, 0.15) is 11.2 Å². The van der Waals surface area contributed by atoms with E-state index in [2.05, 4.69) is 180 Å². The first kappa shape index (κ1) is 28.8. The first-order chi connectivity index (χ1) is 26.3. The maximum Gasteiger partial charge on any atom is 0.136 e. The molecule has 0 bridgehead atoms. The van der Waals surface area contributed by atoms with Gasteiger partial charge in [-0.2, -0.15) is 0 Å². The zero-order valence-corrected chi connectivity index (χ0v) is 28.8. The average Bonchev–Trinajstić information content (AvgIpc) is 3.86. The summed E-state index contributed by atoms with van der Waals surface area (Å²) in [5.41, 5.74) is 14.5. The summed E-state index contributed by atoms with van der Waals surface area (Å²) in [5, 5.41) is 9.73. The molecule has 0 saturated heterocycles. The van der Waals surface area contributed by atoms with Gasteiger partial charge < -0.3 is 8.98 Å². The number of rotatable bonds is 3. The van der Waals surface area contributed by atoms with E-state index in [1.165, 1.54) is 88.0 Å². The standard InChI is InChI=1S/C51H31NO/c1-3-15-35-31(11-1)13-9-20-39(35)51-40-19-6-5-17-37(40)42-27-33(23-25-41(42)51)34-24-26-47-43(28-34)44-30-50-45(38-18-7-8-22-49(38)53-50)29-48(44)52(47)46-21-10-14-32-12-2-4-16-36(32)46/h1-30,51H. The Hall–Kier alpha value is -6.90. The molecule has 0 spiro atoms. The highest BCUT2D eigenvalue weighted by Crippen LogP contribution is 2.50. The Bertz CT molecular complexity index is 3290. The maximum atomic E-state index is 6.46.